The van der Waals surface area contributed by atoms with Crippen LogP contribution in [0.2, 0.25) is 0 Å². The maximum absolute atomic E-state index is 13.8. The van der Waals surface area contributed by atoms with Crippen LogP contribution in [0.4, 0.5) is 0 Å². The number of carbonyl (C=O) groups excluding carboxylic acids is 2. The third-order valence-corrected chi connectivity index (χ3v) is 13.5. The highest BCUT2D eigenvalue weighted by Gasteiger charge is 2.72. The van der Waals surface area contributed by atoms with E-state index in [1.165, 1.54) is 47.2 Å². The van der Waals surface area contributed by atoms with Crippen molar-refractivity contribution in [3.8, 4) is 22.6 Å². The molecule has 2 aromatic heterocycles. The minimum Gasteiger partial charge on any atom is -0.508 e. The topological polar surface area (TPSA) is 264 Å². The average molecular weight is 888 g/mol. The van der Waals surface area contributed by atoms with Crippen LogP contribution in [-0.4, -0.2) is 103 Å². The number of aromatic amines is 1. The van der Waals surface area contributed by atoms with Crippen molar-refractivity contribution in [3.63, 3.8) is 0 Å². The van der Waals surface area contributed by atoms with E-state index >= 15 is 0 Å². The first kappa shape index (κ1) is 44.6. The fourth-order valence-corrected chi connectivity index (χ4v) is 10.1. The Kier molecular flexibility index (Phi) is 13.6. The number of rotatable bonds is 11. The number of carbonyl (C=O) groups is 3. The van der Waals surface area contributed by atoms with E-state index in [0.29, 0.717) is 12.2 Å². The lowest BCUT2D eigenvalue weighted by molar-refractivity contribution is -0.364. The summed E-state index contributed by atoms with van der Waals surface area (Å²) in [6.45, 7) is 2.10. The number of phenolic OH excluding ortho intramolecular Hbond substituents is 1. The van der Waals surface area contributed by atoms with Gasteiger partial charge in [-0.05, 0) is 71.2 Å². The Morgan fingerprint density at radius 2 is 1.82 bits per heavy atom. The van der Waals surface area contributed by atoms with E-state index in [4.69, 9.17) is 24.4 Å². The highest BCUT2D eigenvalue weighted by molar-refractivity contribution is 8.76. The van der Waals surface area contributed by atoms with Crippen LogP contribution in [0.15, 0.2) is 107 Å². The quantitative estimate of drug-likeness (QED) is 0.0682. The Labute approximate surface area is 362 Å². The normalized spacial score (nSPS) is 27.7. The maximum atomic E-state index is 13.8. The van der Waals surface area contributed by atoms with Gasteiger partial charge >= 0.3 is 5.97 Å². The van der Waals surface area contributed by atoms with Crippen molar-refractivity contribution in [2.24, 2.45) is 17.6 Å². The van der Waals surface area contributed by atoms with Crippen LogP contribution in [-0.2, 0) is 19.1 Å². The van der Waals surface area contributed by atoms with Crippen LogP contribution in [0.25, 0.3) is 28.2 Å². The van der Waals surface area contributed by atoms with Crippen molar-refractivity contribution in [2.45, 2.75) is 55.2 Å². The third-order valence-electron chi connectivity index (χ3n) is 11.4. The molecule has 3 aromatic carbocycles. The molecule has 9 atom stereocenters. The van der Waals surface area contributed by atoms with E-state index in [2.05, 4.69) is 23.3 Å². The molecule has 0 aliphatic carbocycles. The number of nitrogens with two attached hydrogens (primary N) is 1. The van der Waals surface area contributed by atoms with Crippen LogP contribution < -0.4 is 21.2 Å². The number of carboxylic acids is 1. The van der Waals surface area contributed by atoms with E-state index in [0.717, 1.165) is 28.0 Å². The minimum absolute atomic E-state index is 0.0331. The lowest BCUT2D eigenvalue weighted by Gasteiger charge is -2.55. The number of phenols is 1. The number of primary amides is 1. The van der Waals surface area contributed by atoms with Gasteiger partial charge in [0.05, 0.1) is 10.9 Å². The Morgan fingerprint density at radius 1 is 1.06 bits per heavy atom. The first-order chi connectivity index (χ1) is 29.8. The van der Waals surface area contributed by atoms with Crippen LogP contribution >= 0.6 is 21.6 Å². The maximum Gasteiger partial charge on any atom is 0.335 e. The molecule has 4 heterocycles. The number of aliphatic hydroxyl groups excluding tert-OH is 2. The van der Waals surface area contributed by atoms with Crippen molar-refractivity contribution in [1.82, 2.24) is 10.3 Å². The highest BCUT2D eigenvalue weighted by Crippen LogP contribution is 2.46. The van der Waals surface area contributed by atoms with Crippen LogP contribution in [0, 0.1) is 11.8 Å². The molecule has 0 spiro atoms. The summed E-state index contributed by atoms with van der Waals surface area (Å²) in [4.78, 5) is 55.4. The van der Waals surface area contributed by atoms with Gasteiger partial charge in [-0.2, -0.15) is 0 Å². The van der Waals surface area contributed by atoms with Gasteiger partial charge in [-0.3, -0.25) is 19.7 Å². The van der Waals surface area contributed by atoms with E-state index in [9.17, 15) is 44.7 Å². The SMILES string of the molecule is CC(CC=Cc1ccccc1)C1CNC(O)C2(O)C(Oc3ccc4c(=O)c(-c5ccc(O)cc5)c(C(N)=O)oc4c3)OC(C(=O)O)C(O)C2(C=O)OCSSCC1c1cc[nH]c1. The summed E-state index contributed by atoms with van der Waals surface area (Å²) in [5.74, 6) is -3.86. The molecular weight excluding hydrogens is 843 g/mol. The summed E-state index contributed by atoms with van der Waals surface area (Å²) in [6, 6.07) is 20.9. The molecule has 326 valence electrons. The predicted molar refractivity (Wildman–Crippen MR) is 231 cm³/mol. The molecule has 2 aliphatic heterocycles. The van der Waals surface area contributed by atoms with E-state index in [1.54, 1.807) is 0 Å². The number of hydrogen-bond donors (Lipinski definition) is 8. The first-order valence-electron chi connectivity index (χ1n) is 19.5. The number of carboxylic acid groups (broad SMARTS) is 1. The number of allylic oxidation sites excluding steroid dienone is 1. The molecule has 7 rings (SSSR count). The molecule has 0 bridgehead atoms. The molecule has 1 amide bonds. The average Bonchev–Trinajstić information content (AvgIpc) is 3.80. The second kappa shape index (κ2) is 18.9. The van der Waals surface area contributed by atoms with Crippen LogP contribution in [0.3, 0.4) is 0 Å². The molecule has 5 aromatic rings. The molecule has 62 heavy (non-hydrogen) atoms. The van der Waals surface area contributed by atoms with Crippen LogP contribution in [0.5, 0.6) is 11.5 Å². The molecule has 18 heteroatoms. The second-order valence-electron chi connectivity index (χ2n) is 15.1. The summed E-state index contributed by atoms with van der Waals surface area (Å²) < 4.78 is 23.6. The number of ether oxygens (including phenoxy) is 3. The van der Waals surface area contributed by atoms with Crippen molar-refractivity contribution in [2.75, 3.05) is 18.2 Å². The number of aliphatic carboxylic acids is 1. The zero-order valence-electron chi connectivity index (χ0n) is 33.2. The van der Waals surface area contributed by atoms with Gasteiger partial charge in [-0.1, -0.05) is 83.1 Å². The van der Waals surface area contributed by atoms with Crippen molar-refractivity contribution in [1.29, 1.82) is 0 Å². The smallest absolute Gasteiger partial charge is 0.335 e. The number of aliphatic hydroxyl groups is 3. The Balaban J connectivity index is 1.27. The van der Waals surface area contributed by atoms with Crippen molar-refractivity contribution in [3.05, 3.63) is 124 Å². The van der Waals surface area contributed by atoms with Crippen molar-refractivity contribution >= 4 is 56.8 Å². The Morgan fingerprint density at radius 3 is 2.50 bits per heavy atom. The number of benzene rings is 3. The van der Waals surface area contributed by atoms with Gasteiger partial charge in [0, 0.05) is 30.8 Å². The number of nitrogens with one attached hydrogen (secondary N) is 2. The third kappa shape index (κ3) is 8.64. The minimum atomic E-state index is -3.08. The van der Waals surface area contributed by atoms with Gasteiger partial charge < -0.3 is 54.9 Å². The first-order valence-corrected chi connectivity index (χ1v) is 22.0. The zero-order valence-corrected chi connectivity index (χ0v) is 34.8. The monoisotopic (exact) mass is 887 g/mol. The van der Waals surface area contributed by atoms with Crippen LogP contribution in [0.1, 0.15) is 40.9 Å². The van der Waals surface area contributed by atoms with Gasteiger partial charge in [0.2, 0.25) is 23.1 Å². The molecule has 9 unspecified atom stereocenters. The van der Waals surface area contributed by atoms with E-state index < -0.39 is 59.0 Å². The summed E-state index contributed by atoms with van der Waals surface area (Å²) in [7, 11) is 2.57. The Bertz CT molecular complexity index is 2470. The lowest BCUT2D eigenvalue weighted by Crippen LogP contribution is -2.82. The van der Waals surface area contributed by atoms with Gasteiger partial charge in [0.15, 0.2) is 18.0 Å². The van der Waals surface area contributed by atoms with E-state index in [-0.39, 0.29) is 70.1 Å². The molecule has 0 radical (unpaired) electrons. The number of amides is 1. The second-order valence-corrected chi connectivity index (χ2v) is 17.6. The van der Waals surface area contributed by atoms with Crippen molar-refractivity contribution < 1.29 is 58.5 Å². The largest absolute Gasteiger partial charge is 0.508 e. The molecule has 0 saturated carbocycles. The molecular formula is C44H45N3O13S2. The molecule has 9 N–H and O–H groups in total. The summed E-state index contributed by atoms with van der Waals surface area (Å²) >= 11 is 0. The number of H-pyrrole nitrogens is 1. The Hall–Kier alpha value is -5.44. The van der Waals surface area contributed by atoms with Gasteiger partial charge in [0.25, 0.3) is 5.91 Å². The number of hydrogen-bond acceptors (Lipinski definition) is 15. The van der Waals surface area contributed by atoms with E-state index in [1.807, 2.05) is 54.9 Å². The number of aromatic nitrogens is 1. The molecule has 2 fully saturated rings. The standard InChI is InChI=1S/C44H45N3O13S2/c1-24(6-5-9-25-7-3-2-4-8-25)31-20-47-41(55)44(56)42(60-37(40(53)54)38(51)43(44,22-48)57-23-62-61-21-32(31)27-16-17-46-19-27)58-29-14-15-30-33(18-29)59-36(39(45)52)34(35(30)50)26-10-12-28(49)13-11-26/h2-5,7-19,22,24,31-32,37-38,41-42,46-47,49,51,55-56H,6,20-21,23H2,1H3,(H2,45,52)(H,53,54). The fourth-order valence-electron chi connectivity index (χ4n) is 8.06. The predicted octanol–water partition coefficient (Wildman–Crippen LogP) is 4.23. The number of aldehydes is 1. The molecule has 2 aliphatic rings. The summed E-state index contributed by atoms with van der Waals surface area (Å²) in [5.41, 5.74) is 0.865. The number of fused-ring (bicyclic) bond motifs is 2. The van der Waals surface area contributed by atoms with Gasteiger partial charge in [0.1, 0.15) is 35.4 Å². The summed E-state index contributed by atoms with van der Waals surface area (Å²) in [5, 5.41) is 59.5. The molecule has 16 nitrogen and oxygen atoms in total. The fraction of sp³-hybridized carbons (Fsp3) is 0.318. The zero-order chi connectivity index (χ0) is 44.2. The number of aromatic hydroxyl groups is 1. The van der Waals surface area contributed by atoms with Gasteiger partial charge in [-0.15, -0.1) is 0 Å². The molecule has 2 saturated heterocycles. The highest BCUT2D eigenvalue weighted by atomic mass is 33.1. The summed E-state index contributed by atoms with van der Waals surface area (Å²) in [6.07, 6.45) is -0.587. The van der Waals surface area contributed by atoms with Gasteiger partial charge in [-0.25, -0.2) is 4.79 Å². The lowest BCUT2D eigenvalue weighted by atomic mass is 9.72.